The van der Waals surface area contributed by atoms with Crippen molar-refractivity contribution < 1.29 is 13.2 Å². The summed E-state index contributed by atoms with van der Waals surface area (Å²) in [5.74, 6) is 0.323. The number of hydrogen-bond donors (Lipinski definition) is 0. The number of nitrogens with zero attached hydrogens (tertiary/aromatic N) is 2. The molecule has 1 aromatic rings. The number of rotatable bonds is 4. The number of likely N-dealkylation sites (tertiary alicyclic amines) is 1. The molecule has 1 aliphatic rings. The predicted octanol–water partition coefficient (Wildman–Crippen LogP) is 1.88. The van der Waals surface area contributed by atoms with E-state index in [0.29, 0.717) is 24.6 Å². The summed E-state index contributed by atoms with van der Waals surface area (Å²) in [5, 5.41) is 0. The Morgan fingerprint density at radius 2 is 1.95 bits per heavy atom. The quantitative estimate of drug-likeness (QED) is 0.850. The SMILES string of the molecule is C[C@H]1CCCN(C(=O)[C@@H](c2ccccc2)N(C)S(C)(=O)=O)C1. The summed E-state index contributed by atoms with van der Waals surface area (Å²) < 4.78 is 25.1. The van der Waals surface area contributed by atoms with Crippen molar-refractivity contribution in [3.8, 4) is 0 Å². The monoisotopic (exact) mass is 324 g/mol. The highest BCUT2D eigenvalue weighted by Gasteiger charge is 2.35. The van der Waals surface area contributed by atoms with Gasteiger partial charge in [-0.1, -0.05) is 37.3 Å². The number of likely N-dealkylation sites (N-methyl/N-ethyl adjacent to an activating group) is 1. The fourth-order valence-electron chi connectivity index (χ4n) is 2.90. The first-order valence-electron chi connectivity index (χ1n) is 7.57. The molecule has 1 aromatic carbocycles. The molecular weight excluding hydrogens is 300 g/mol. The molecule has 0 spiro atoms. The highest BCUT2D eigenvalue weighted by Crippen LogP contribution is 2.26. The fourth-order valence-corrected chi connectivity index (χ4v) is 3.49. The first-order valence-corrected chi connectivity index (χ1v) is 9.42. The molecule has 2 rings (SSSR count). The minimum Gasteiger partial charge on any atom is -0.341 e. The molecule has 22 heavy (non-hydrogen) atoms. The third-order valence-electron chi connectivity index (χ3n) is 4.20. The van der Waals surface area contributed by atoms with Gasteiger partial charge in [-0.05, 0) is 24.3 Å². The van der Waals surface area contributed by atoms with Crippen molar-refractivity contribution >= 4 is 15.9 Å². The van der Waals surface area contributed by atoms with Crippen molar-refractivity contribution in [3.05, 3.63) is 35.9 Å². The van der Waals surface area contributed by atoms with Crippen LogP contribution in [-0.2, 0) is 14.8 Å². The standard InChI is InChI=1S/C16H24N2O3S/c1-13-8-7-11-18(12-13)16(19)15(17(2)22(3,20)21)14-9-5-4-6-10-14/h4-6,9-10,13,15H,7-8,11-12H2,1-3H3/t13-,15+/m0/s1. The lowest BCUT2D eigenvalue weighted by Gasteiger charge is -2.36. The Balaban J connectivity index is 2.34. The molecule has 1 heterocycles. The van der Waals surface area contributed by atoms with Crippen molar-refractivity contribution in [2.45, 2.75) is 25.8 Å². The van der Waals surface area contributed by atoms with Crippen LogP contribution in [0.15, 0.2) is 30.3 Å². The summed E-state index contributed by atoms with van der Waals surface area (Å²) in [6.07, 6.45) is 3.22. The molecule has 1 aliphatic heterocycles. The molecule has 0 N–H and O–H groups in total. The minimum absolute atomic E-state index is 0.134. The molecular formula is C16H24N2O3S. The highest BCUT2D eigenvalue weighted by atomic mass is 32.2. The summed E-state index contributed by atoms with van der Waals surface area (Å²) in [5.41, 5.74) is 0.707. The molecule has 1 saturated heterocycles. The third-order valence-corrected chi connectivity index (χ3v) is 5.46. The van der Waals surface area contributed by atoms with Crippen molar-refractivity contribution in [2.24, 2.45) is 5.92 Å². The summed E-state index contributed by atoms with van der Waals surface area (Å²) in [6.45, 7) is 3.51. The average Bonchev–Trinajstić information content (AvgIpc) is 2.47. The van der Waals surface area contributed by atoms with Crippen LogP contribution in [0.5, 0.6) is 0 Å². The van der Waals surface area contributed by atoms with Gasteiger partial charge in [0.25, 0.3) is 0 Å². The lowest BCUT2D eigenvalue weighted by molar-refractivity contribution is -0.137. The zero-order valence-electron chi connectivity index (χ0n) is 13.4. The van der Waals surface area contributed by atoms with Crippen molar-refractivity contribution in [2.75, 3.05) is 26.4 Å². The van der Waals surface area contributed by atoms with E-state index >= 15 is 0 Å². The van der Waals surface area contributed by atoms with Gasteiger partial charge in [-0.2, -0.15) is 4.31 Å². The second-order valence-electron chi connectivity index (χ2n) is 6.12. The maximum Gasteiger partial charge on any atom is 0.245 e. The second-order valence-corrected chi connectivity index (χ2v) is 8.17. The highest BCUT2D eigenvalue weighted by molar-refractivity contribution is 7.88. The first kappa shape index (κ1) is 17.0. The molecule has 0 aromatic heterocycles. The summed E-state index contributed by atoms with van der Waals surface area (Å²) >= 11 is 0. The van der Waals surface area contributed by atoms with Gasteiger partial charge in [0.05, 0.1) is 6.26 Å². The van der Waals surface area contributed by atoms with Crippen LogP contribution in [0, 0.1) is 5.92 Å². The summed E-state index contributed by atoms with van der Waals surface area (Å²) in [6, 6.07) is 8.32. The number of amides is 1. The number of sulfonamides is 1. The van der Waals surface area contributed by atoms with Gasteiger partial charge in [-0.25, -0.2) is 8.42 Å². The van der Waals surface area contributed by atoms with Gasteiger partial charge in [0, 0.05) is 20.1 Å². The van der Waals surface area contributed by atoms with Crippen molar-refractivity contribution in [1.82, 2.24) is 9.21 Å². The zero-order valence-corrected chi connectivity index (χ0v) is 14.2. The largest absolute Gasteiger partial charge is 0.341 e. The van der Waals surface area contributed by atoms with Gasteiger partial charge in [-0.15, -0.1) is 0 Å². The van der Waals surface area contributed by atoms with Gasteiger partial charge in [0.1, 0.15) is 6.04 Å². The molecule has 0 aliphatic carbocycles. The van der Waals surface area contributed by atoms with Crippen molar-refractivity contribution in [1.29, 1.82) is 0 Å². The Labute approximate surface area is 133 Å². The van der Waals surface area contributed by atoms with Gasteiger partial charge in [-0.3, -0.25) is 4.79 Å². The van der Waals surface area contributed by atoms with E-state index in [1.807, 2.05) is 18.2 Å². The van der Waals surface area contributed by atoms with E-state index in [1.54, 1.807) is 17.0 Å². The average molecular weight is 324 g/mol. The van der Waals surface area contributed by atoms with Crippen LogP contribution < -0.4 is 0 Å². The first-order chi connectivity index (χ1) is 10.3. The Kier molecular flexibility index (Phi) is 5.24. The molecule has 5 nitrogen and oxygen atoms in total. The van der Waals surface area contributed by atoms with E-state index in [4.69, 9.17) is 0 Å². The van der Waals surface area contributed by atoms with Gasteiger partial charge < -0.3 is 4.90 Å². The summed E-state index contributed by atoms with van der Waals surface area (Å²) in [4.78, 5) is 14.8. The normalized spacial score (nSPS) is 20.9. The Bertz CT molecular complexity index is 616. The second kappa shape index (κ2) is 6.79. The van der Waals surface area contributed by atoms with Crippen LogP contribution in [0.25, 0.3) is 0 Å². The van der Waals surface area contributed by atoms with Gasteiger partial charge in [0.15, 0.2) is 0 Å². The number of hydrogen-bond acceptors (Lipinski definition) is 3. The fraction of sp³-hybridized carbons (Fsp3) is 0.562. The number of benzene rings is 1. The van der Waals surface area contributed by atoms with Crippen LogP contribution in [0.3, 0.4) is 0 Å². The maximum absolute atomic E-state index is 13.0. The molecule has 0 radical (unpaired) electrons. The topological polar surface area (TPSA) is 57.7 Å². The van der Waals surface area contributed by atoms with E-state index in [2.05, 4.69) is 6.92 Å². The number of piperidine rings is 1. The van der Waals surface area contributed by atoms with Crippen LogP contribution in [0.2, 0.25) is 0 Å². The molecule has 0 unspecified atom stereocenters. The smallest absolute Gasteiger partial charge is 0.245 e. The maximum atomic E-state index is 13.0. The van der Waals surface area contributed by atoms with Gasteiger partial charge in [0.2, 0.25) is 15.9 Å². The van der Waals surface area contributed by atoms with E-state index < -0.39 is 16.1 Å². The number of carbonyl (C=O) groups is 1. The zero-order chi connectivity index (χ0) is 16.3. The van der Waals surface area contributed by atoms with E-state index in [1.165, 1.54) is 11.4 Å². The molecule has 2 atom stereocenters. The van der Waals surface area contributed by atoms with Gasteiger partial charge >= 0.3 is 0 Å². The number of carbonyl (C=O) groups excluding carboxylic acids is 1. The predicted molar refractivity (Wildman–Crippen MR) is 86.8 cm³/mol. The Morgan fingerprint density at radius 1 is 1.32 bits per heavy atom. The lowest BCUT2D eigenvalue weighted by atomic mass is 9.98. The van der Waals surface area contributed by atoms with Crippen LogP contribution in [0.1, 0.15) is 31.4 Å². The molecule has 0 saturated carbocycles. The van der Waals surface area contributed by atoms with Crippen LogP contribution in [-0.4, -0.2) is 49.9 Å². The third kappa shape index (κ3) is 3.87. The molecule has 1 fully saturated rings. The van der Waals surface area contributed by atoms with E-state index in [-0.39, 0.29) is 5.91 Å². The molecule has 1 amide bonds. The van der Waals surface area contributed by atoms with Crippen LogP contribution >= 0.6 is 0 Å². The van der Waals surface area contributed by atoms with E-state index in [0.717, 1.165) is 19.1 Å². The minimum atomic E-state index is -3.46. The Hall–Kier alpha value is -1.40. The molecule has 122 valence electrons. The molecule has 6 heteroatoms. The van der Waals surface area contributed by atoms with E-state index in [9.17, 15) is 13.2 Å². The molecule has 0 bridgehead atoms. The van der Waals surface area contributed by atoms with Crippen molar-refractivity contribution in [3.63, 3.8) is 0 Å². The van der Waals surface area contributed by atoms with Crippen LogP contribution in [0.4, 0.5) is 0 Å². The summed E-state index contributed by atoms with van der Waals surface area (Å²) in [7, 11) is -1.99. The Morgan fingerprint density at radius 3 is 2.50 bits per heavy atom. The lowest BCUT2D eigenvalue weighted by Crippen LogP contribution is -2.46.